The van der Waals surface area contributed by atoms with Gasteiger partial charge in [0.05, 0.1) is 24.1 Å². The van der Waals surface area contributed by atoms with Crippen molar-refractivity contribution in [3.05, 3.63) is 75.8 Å². The van der Waals surface area contributed by atoms with E-state index in [1.807, 2.05) is 13.8 Å². The van der Waals surface area contributed by atoms with Crippen LogP contribution in [0.3, 0.4) is 0 Å². The molecule has 0 spiro atoms. The Hall–Kier alpha value is -3.59. The van der Waals surface area contributed by atoms with Gasteiger partial charge in [-0.15, -0.1) is 11.3 Å². The summed E-state index contributed by atoms with van der Waals surface area (Å²) in [5, 5.41) is 11.3. The average molecular weight is 439 g/mol. The van der Waals surface area contributed by atoms with Crippen molar-refractivity contribution in [3.63, 3.8) is 0 Å². The summed E-state index contributed by atoms with van der Waals surface area (Å²) in [6, 6.07) is 7.87. The molecule has 1 aliphatic heterocycles. The highest BCUT2D eigenvalue weighted by Crippen LogP contribution is 2.43. The predicted octanol–water partition coefficient (Wildman–Crippen LogP) is 3.93. The Kier molecular flexibility index (Phi) is 5.28. The van der Waals surface area contributed by atoms with Crippen molar-refractivity contribution in [2.45, 2.75) is 19.9 Å². The molecule has 4 rings (SSSR count). The second kappa shape index (κ2) is 7.92. The number of carbonyl (C=O) groups is 2. The lowest BCUT2D eigenvalue weighted by Gasteiger charge is -2.22. The lowest BCUT2D eigenvalue weighted by molar-refractivity contribution is -0.132. The highest BCUT2D eigenvalue weighted by molar-refractivity contribution is 7.16. The first-order valence-corrected chi connectivity index (χ1v) is 10.1. The van der Waals surface area contributed by atoms with Crippen LogP contribution >= 0.6 is 11.3 Å². The second-order valence-corrected chi connectivity index (χ2v) is 8.09. The van der Waals surface area contributed by atoms with Gasteiger partial charge in [0.2, 0.25) is 0 Å². The molecular weight excluding hydrogens is 421 g/mol. The number of aliphatic hydroxyl groups excluding tert-OH is 1. The van der Waals surface area contributed by atoms with Gasteiger partial charge in [-0.1, -0.05) is 6.07 Å². The van der Waals surface area contributed by atoms with Gasteiger partial charge in [-0.2, -0.15) is 0 Å². The third-order valence-electron chi connectivity index (χ3n) is 5.06. The maximum Gasteiger partial charge on any atom is 0.301 e. The van der Waals surface area contributed by atoms with Crippen LogP contribution in [-0.2, 0) is 9.59 Å². The number of carbonyl (C=O) groups excluding carboxylic acids is 2. The van der Waals surface area contributed by atoms with Crippen molar-refractivity contribution in [2.24, 2.45) is 0 Å². The van der Waals surface area contributed by atoms with Crippen LogP contribution in [0.25, 0.3) is 5.76 Å². The van der Waals surface area contributed by atoms with Gasteiger partial charge in [-0.3, -0.25) is 19.5 Å². The van der Waals surface area contributed by atoms with E-state index in [-0.39, 0.29) is 16.9 Å². The van der Waals surface area contributed by atoms with E-state index >= 15 is 0 Å². The number of aliphatic hydroxyl groups is 1. The number of ether oxygens (including phenoxy) is 1. The molecular formula is C22H18FN3O4S. The molecule has 1 N–H and O–H groups in total. The number of benzene rings is 1. The van der Waals surface area contributed by atoms with Crippen LogP contribution in [0.2, 0.25) is 0 Å². The van der Waals surface area contributed by atoms with Gasteiger partial charge < -0.3 is 9.84 Å². The van der Waals surface area contributed by atoms with Gasteiger partial charge >= 0.3 is 5.91 Å². The van der Waals surface area contributed by atoms with E-state index in [0.717, 1.165) is 16.6 Å². The smallest absolute Gasteiger partial charge is 0.301 e. The maximum atomic E-state index is 14.2. The Morgan fingerprint density at radius 1 is 1.23 bits per heavy atom. The zero-order valence-corrected chi connectivity index (χ0v) is 17.7. The fraction of sp³-hybridized carbons (Fsp3) is 0.182. The quantitative estimate of drug-likeness (QED) is 0.376. The number of Topliss-reactive ketones (excluding diaryl/α,β-unsaturated/α-hetero) is 1. The molecule has 1 fully saturated rings. The van der Waals surface area contributed by atoms with E-state index < -0.39 is 29.3 Å². The Bertz CT molecular complexity index is 1200. The zero-order chi connectivity index (χ0) is 22.3. The summed E-state index contributed by atoms with van der Waals surface area (Å²) in [6.07, 6.45) is 1.53. The minimum absolute atomic E-state index is 0.00740. The summed E-state index contributed by atoms with van der Waals surface area (Å²) in [4.78, 5) is 36.9. The highest BCUT2D eigenvalue weighted by Gasteiger charge is 2.48. The summed E-state index contributed by atoms with van der Waals surface area (Å²) >= 11 is 1.27. The summed E-state index contributed by atoms with van der Waals surface area (Å²) in [6.45, 7) is 3.67. The Morgan fingerprint density at radius 3 is 2.58 bits per heavy atom. The van der Waals surface area contributed by atoms with Crippen molar-refractivity contribution in [1.82, 2.24) is 9.97 Å². The van der Waals surface area contributed by atoms with E-state index in [9.17, 15) is 19.1 Å². The Labute approximate surface area is 181 Å². The van der Waals surface area contributed by atoms with E-state index in [1.54, 1.807) is 18.2 Å². The van der Waals surface area contributed by atoms with Gasteiger partial charge in [-0.25, -0.2) is 9.37 Å². The largest absolute Gasteiger partial charge is 0.507 e. The number of thiazole rings is 1. The topological polar surface area (TPSA) is 92.6 Å². The zero-order valence-electron chi connectivity index (χ0n) is 16.9. The first-order chi connectivity index (χ1) is 14.8. The highest BCUT2D eigenvalue weighted by atomic mass is 32.1. The third-order valence-corrected chi connectivity index (χ3v) is 6.13. The normalized spacial score (nSPS) is 17.9. The number of amides is 1. The molecule has 31 heavy (non-hydrogen) atoms. The van der Waals surface area contributed by atoms with Crippen LogP contribution in [0, 0.1) is 19.7 Å². The SMILES string of the molecule is COc1ccc(C(O)=C2C(=O)C(=O)N(c3nc(C)c(C)s3)C2c2ccccn2)cc1F. The minimum atomic E-state index is -1.00. The second-order valence-electron chi connectivity index (χ2n) is 6.91. The van der Waals surface area contributed by atoms with Crippen molar-refractivity contribution < 1.29 is 23.8 Å². The fourth-order valence-electron chi connectivity index (χ4n) is 3.38. The molecule has 7 nitrogen and oxygen atoms in total. The van der Waals surface area contributed by atoms with Crippen molar-refractivity contribution in [1.29, 1.82) is 0 Å². The molecule has 0 aliphatic carbocycles. The molecule has 0 bridgehead atoms. The summed E-state index contributed by atoms with van der Waals surface area (Å²) in [5.41, 5.74) is 0.976. The third kappa shape index (κ3) is 3.46. The van der Waals surface area contributed by atoms with Crippen LogP contribution in [0.1, 0.15) is 27.9 Å². The van der Waals surface area contributed by atoms with Gasteiger partial charge in [0.15, 0.2) is 16.7 Å². The van der Waals surface area contributed by atoms with Gasteiger partial charge in [0, 0.05) is 16.6 Å². The van der Waals surface area contributed by atoms with Crippen molar-refractivity contribution in [2.75, 3.05) is 12.0 Å². The number of hydrogen-bond acceptors (Lipinski definition) is 7. The first kappa shape index (κ1) is 20.7. The monoisotopic (exact) mass is 439 g/mol. The molecule has 3 heterocycles. The van der Waals surface area contributed by atoms with Gasteiger partial charge in [-0.05, 0) is 44.2 Å². The molecule has 0 radical (unpaired) electrons. The number of ketones is 1. The van der Waals surface area contributed by atoms with Crippen LogP contribution < -0.4 is 9.64 Å². The number of pyridine rings is 1. The molecule has 1 aliphatic rings. The molecule has 1 amide bonds. The van der Waals surface area contributed by atoms with Crippen LogP contribution in [0.4, 0.5) is 9.52 Å². The predicted molar refractivity (Wildman–Crippen MR) is 114 cm³/mol. The molecule has 1 atom stereocenters. The summed E-state index contributed by atoms with van der Waals surface area (Å²) in [7, 11) is 1.32. The lowest BCUT2D eigenvalue weighted by Crippen LogP contribution is -2.29. The first-order valence-electron chi connectivity index (χ1n) is 9.33. The molecule has 1 unspecified atom stereocenters. The van der Waals surface area contributed by atoms with Gasteiger partial charge in [0.1, 0.15) is 11.8 Å². The summed E-state index contributed by atoms with van der Waals surface area (Å²) < 4.78 is 19.1. The number of aryl methyl sites for hydroxylation is 2. The molecule has 158 valence electrons. The average Bonchev–Trinajstić information content (AvgIpc) is 3.23. The van der Waals surface area contributed by atoms with Crippen molar-refractivity contribution in [3.8, 4) is 5.75 Å². The van der Waals surface area contributed by atoms with Crippen LogP contribution in [0.15, 0.2) is 48.2 Å². The Balaban J connectivity index is 1.93. The standard InChI is InChI=1S/C22H18FN3O4S/c1-11-12(2)31-22(25-11)26-18(15-6-4-5-9-24-15)17(20(28)21(26)29)19(27)13-7-8-16(30-3)14(23)10-13/h4-10,18,27H,1-3H3. The summed E-state index contributed by atoms with van der Waals surface area (Å²) in [5.74, 6) is -2.94. The van der Waals surface area contributed by atoms with E-state index in [2.05, 4.69) is 9.97 Å². The number of aromatic nitrogens is 2. The number of hydrogen-bond donors (Lipinski definition) is 1. The number of rotatable bonds is 4. The molecule has 9 heteroatoms. The molecule has 0 saturated carbocycles. The van der Waals surface area contributed by atoms with E-state index in [4.69, 9.17) is 4.74 Å². The number of methoxy groups -OCH3 is 1. The molecule has 2 aromatic heterocycles. The van der Waals surface area contributed by atoms with Crippen LogP contribution in [-0.4, -0.2) is 33.9 Å². The molecule has 1 saturated heterocycles. The van der Waals surface area contributed by atoms with Crippen LogP contribution in [0.5, 0.6) is 5.75 Å². The molecule has 3 aromatic rings. The van der Waals surface area contributed by atoms with E-state index in [1.165, 1.54) is 41.7 Å². The van der Waals surface area contributed by atoms with Gasteiger partial charge in [0.25, 0.3) is 5.78 Å². The number of anilines is 1. The maximum absolute atomic E-state index is 14.2. The Morgan fingerprint density at radius 2 is 2.00 bits per heavy atom. The van der Waals surface area contributed by atoms with E-state index in [0.29, 0.717) is 10.8 Å². The minimum Gasteiger partial charge on any atom is -0.507 e. The molecule has 1 aromatic carbocycles. The lowest BCUT2D eigenvalue weighted by atomic mass is 9.98. The number of halogens is 1. The number of nitrogens with zero attached hydrogens (tertiary/aromatic N) is 3. The van der Waals surface area contributed by atoms with Crippen molar-refractivity contribution >= 4 is 33.9 Å². The fourth-order valence-corrected chi connectivity index (χ4v) is 4.31.